The molecule has 1 aliphatic rings. The first-order valence-corrected chi connectivity index (χ1v) is 9.43. The molecule has 2 aromatic heterocycles. The molecule has 0 aliphatic carbocycles. The topological polar surface area (TPSA) is 58.4 Å². The lowest BCUT2D eigenvalue weighted by Crippen LogP contribution is -2.49. The average Bonchev–Trinajstić information content (AvgIpc) is 2.88. The second kappa shape index (κ2) is 7.63. The van der Waals surface area contributed by atoms with Gasteiger partial charge in [-0.3, -0.25) is 19.1 Å². The van der Waals surface area contributed by atoms with Crippen molar-refractivity contribution in [1.82, 2.24) is 19.4 Å². The summed E-state index contributed by atoms with van der Waals surface area (Å²) in [5, 5.41) is 0.464. The van der Waals surface area contributed by atoms with E-state index in [0.717, 1.165) is 44.1 Å². The molecule has 130 valence electrons. The molecule has 1 saturated heterocycles. The number of hydrogen-bond acceptors (Lipinski definition) is 5. The summed E-state index contributed by atoms with van der Waals surface area (Å²) in [6.07, 6.45) is 3.89. The fraction of sp³-hybridized carbons (Fsp3) is 0.562. The van der Waals surface area contributed by atoms with Gasteiger partial charge < -0.3 is 4.90 Å². The van der Waals surface area contributed by atoms with Gasteiger partial charge in [-0.1, -0.05) is 36.3 Å². The Morgan fingerprint density at radius 3 is 2.79 bits per heavy atom. The maximum absolute atomic E-state index is 12.6. The van der Waals surface area contributed by atoms with Crippen molar-refractivity contribution in [2.45, 2.75) is 26.3 Å². The molecule has 3 heterocycles. The molecule has 1 amide bonds. The second-order valence-corrected chi connectivity index (χ2v) is 7.38. The minimum Gasteiger partial charge on any atom is -0.339 e. The van der Waals surface area contributed by atoms with Gasteiger partial charge in [-0.2, -0.15) is 0 Å². The summed E-state index contributed by atoms with van der Waals surface area (Å²) in [5.74, 6) is -0.0214. The number of pyridine rings is 1. The van der Waals surface area contributed by atoms with Gasteiger partial charge in [0.2, 0.25) is 5.91 Å². The van der Waals surface area contributed by atoms with Crippen LogP contribution in [0, 0.1) is 0 Å². The number of piperazine rings is 1. The fourth-order valence-corrected chi connectivity index (χ4v) is 3.88. The van der Waals surface area contributed by atoms with E-state index < -0.39 is 0 Å². The Morgan fingerprint density at radius 1 is 1.33 bits per heavy atom. The Hall–Kier alpha value is -1.44. The van der Waals surface area contributed by atoms with Gasteiger partial charge in [0.25, 0.3) is 0 Å². The Kier molecular flexibility index (Phi) is 5.53. The number of rotatable bonds is 5. The van der Waals surface area contributed by atoms with Gasteiger partial charge in [-0.25, -0.2) is 4.98 Å². The zero-order valence-corrected chi connectivity index (χ0v) is 15.3. The molecule has 0 spiro atoms. The number of amides is 1. The van der Waals surface area contributed by atoms with E-state index in [2.05, 4.69) is 16.8 Å². The third-order valence-electron chi connectivity index (χ3n) is 4.34. The molecular weight excluding hydrogens is 348 g/mol. The summed E-state index contributed by atoms with van der Waals surface area (Å²) in [6.45, 7) is 6.57. The van der Waals surface area contributed by atoms with E-state index in [-0.39, 0.29) is 17.3 Å². The van der Waals surface area contributed by atoms with Crippen LogP contribution < -0.4 is 4.87 Å². The SMILES string of the molecule is CCCCN1CCN(C(=O)Cn2c(=O)sc3ncc(Cl)cc32)CC1. The van der Waals surface area contributed by atoms with Crippen molar-refractivity contribution in [3.05, 3.63) is 27.0 Å². The quantitative estimate of drug-likeness (QED) is 0.810. The molecule has 8 heteroatoms. The van der Waals surface area contributed by atoms with Crippen molar-refractivity contribution < 1.29 is 4.79 Å². The standard InChI is InChI=1S/C16H21ClN4O2S/c1-2-3-4-19-5-7-20(8-6-19)14(22)11-21-13-9-12(17)10-18-15(13)24-16(21)23/h9-10H,2-8,11H2,1H3. The molecular formula is C16H21ClN4O2S. The van der Waals surface area contributed by atoms with Crippen molar-refractivity contribution in [2.75, 3.05) is 32.7 Å². The van der Waals surface area contributed by atoms with Gasteiger partial charge >= 0.3 is 4.87 Å². The lowest BCUT2D eigenvalue weighted by Gasteiger charge is -2.34. The highest BCUT2D eigenvalue weighted by atomic mass is 35.5. The molecule has 1 aliphatic heterocycles. The summed E-state index contributed by atoms with van der Waals surface area (Å²) in [7, 11) is 0. The van der Waals surface area contributed by atoms with Crippen LogP contribution in [0.15, 0.2) is 17.1 Å². The van der Waals surface area contributed by atoms with Gasteiger partial charge in [0.05, 0.1) is 10.5 Å². The van der Waals surface area contributed by atoms with Crippen LogP contribution in [0.25, 0.3) is 10.3 Å². The van der Waals surface area contributed by atoms with Gasteiger partial charge in [-0.15, -0.1) is 0 Å². The average molecular weight is 369 g/mol. The fourth-order valence-electron chi connectivity index (χ4n) is 2.91. The second-order valence-electron chi connectivity index (χ2n) is 6.01. The van der Waals surface area contributed by atoms with Crippen LogP contribution in [0.2, 0.25) is 5.02 Å². The van der Waals surface area contributed by atoms with Crippen LogP contribution in [0.3, 0.4) is 0 Å². The van der Waals surface area contributed by atoms with E-state index in [4.69, 9.17) is 11.6 Å². The van der Waals surface area contributed by atoms with Gasteiger partial charge in [0, 0.05) is 32.4 Å². The summed E-state index contributed by atoms with van der Waals surface area (Å²) in [6, 6.07) is 1.69. The lowest BCUT2D eigenvalue weighted by molar-refractivity contribution is -0.133. The summed E-state index contributed by atoms with van der Waals surface area (Å²) in [4.78, 5) is 33.6. The van der Waals surface area contributed by atoms with Crippen LogP contribution in [0.4, 0.5) is 0 Å². The van der Waals surface area contributed by atoms with E-state index in [9.17, 15) is 9.59 Å². The predicted octanol–water partition coefficient (Wildman–Crippen LogP) is 2.06. The zero-order chi connectivity index (χ0) is 17.1. The molecule has 24 heavy (non-hydrogen) atoms. The number of hydrogen-bond donors (Lipinski definition) is 0. The minimum atomic E-state index is -0.172. The maximum Gasteiger partial charge on any atom is 0.310 e. The van der Waals surface area contributed by atoms with Crippen LogP contribution in [0.5, 0.6) is 0 Å². The molecule has 0 saturated carbocycles. The number of unbranched alkanes of at least 4 members (excludes halogenated alkanes) is 1. The predicted molar refractivity (Wildman–Crippen MR) is 96.8 cm³/mol. The monoisotopic (exact) mass is 368 g/mol. The first kappa shape index (κ1) is 17.4. The maximum atomic E-state index is 12.6. The van der Waals surface area contributed by atoms with E-state index in [1.807, 2.05) is 4.90 Å². The molecule has 0 bridgehead atoms. The number of carbonyl (C=O) groups is 1. The largest absolute Gasteiger partial charge is 0.339 e. The molecule has 0 aromatic carbocycles. The third kappa shape index (κ3) is 3.79. The van der Waals surface area contributed by atoms with Crippen LogP contribution in [-0.2, 0) is 11.3 Å². The number of aromatic nitrogens is 2. The first-order valence-electron chi connectivity index (χ1n) is 8.23. The van der Waals surface area contributed by atoms with Crippen molar-refractivity contribution >= 4 is 39.2 Å². The Bertz CT molecular complexity index is 780. The van der Waals surface area contributed by atoms with Crippen molar-refractivity contribution in [3.8, 4) is 0 Å². The van der Waals surface area contributed by atoms with Gasteiger partial charge in [0.15, 0.2) is 0 Å². The van der Waals surface area contributed by atoms with Gasteiger partial charge in [0.1, 0.15) is 11.4 Å². The van der Waals surface area contributed by atoms with E-state index in [0.29, 0.717) is 15.4 Å². The van der Waals surface area contributed by atoms with Crippen LogP contribution >= 0.6 is 22.9 Å². The minimum absolute atomic E-state index is 0.0214. The molecule has 0 atom stereocenters. The smallest absolute Gasteiger partial charge is 0.310 e. The molecule has 6 nitrogen and oxygen atoms in total. The third-order valence-corrected chi connectivity index (χ3v) is 5.45. The number of nitrogens with zero attached hydrogens (tertiary/aromatic N) is 4. The summed E-state index contributed by atoms with van der Waals surface area (Å²) >= 11 is 7.01. The van der Waals surface area contributed by atoms with E-state index >= 15 is 0 Å². The highest BCUT2D eigenvalue weighted by molar-refractivity contribution is 7.16. The Labute approximate surface area is 149 Å². The zero-order valence-electron chi connectivity index (χ0n) is 13.7. The highest BCUT2D eigenvalue weighted by Crippen LogP contribution is 2.19. The number of carbonyl (C=O) groups excluding carboxylic acids is 1. The normalized spacial score (nSPS) is 16.0. The molecule has 2 aromatic rings. The van der Waals surface area contributed by atoms with Crippen molar-refractivity contribution in [3.63, 3.8) is 0 Å². The molecule has 0 radical (unpaired) electrons. The molecule has 0 unspecified atom stereocenters. The van der Waals surface area contributed by atoms with Crippen molar-refractivity contribution in [1.29, 1.82) is 0 Å². The Morgan fingerprint density at radius 2 is 2.08 bits per heavy atom. The molecule has 1 fully saturated rings. The number of halogens is 1. The lowest BCUT2D eigenvalue weighted by atomic mass is 10.2. The molecule has 0 N–H and O–H groups in total. The van der Waals surface area contributed by atoms with E-state index in [1.54, 1.807) is 6.07 Å². The van der Waals surface area contributed by atoms with Crippen LogP contribution in [0.1, 0.15) is 19.8 Å². The first-order chi connectivity index (χ1) is 11.6. The van der Waals surface area contributed by atoms with Crippen LogP contribution in [-0.4, -0.2) is 58.0 Å². The Balaban J connectivity index is 1.67. The van der Waals surface area contributed by atoms with Crippen molar-refractivity contribution in [2.24, 2.45) is 0 Å². The number of fused-ring (bicyclic) bond motifs is 1. The number of thiazole rings is 1. The molecule has 3 rings (SSSR count). The summed E-state index contributed by atoms with van der Waals surface area (Å²) < 4.78 is 1.48. The van der Waals surface area contributed by atoms with E-state index in [1.165, 1.54) is 23.6 Å². The van der Waals surface area contributed by atoms with Gasteiger partial charge in [-0.05, 0) is 19.0 Å². The summed E-state index contributed by atoms with van der Waals surface area (Å²) in [5.41, 5.74) is 0.632. The highest BCUT2D eigenvalue weighted by Gasteiger charge is 2.22.